The Morgan fingerprint density at radius 1 is 1.21 bits per heavy atom. The average Bonchev–Trinajstić information content (AvgIpc) is 3.05. The fourth-order valence-corrected chi connectivity index (χ4v) is 7.59. The zero-order valence-corrected chi connectivity index (χ0v) is 21.3. The molecule has 4 rings (SSSR count). The number of rotatable bonds is 6. The zero-order valence-electron chi connectivity index (χ0n) is 21.3. The molecule has 186 valence electrons. The predicted octanol–water partition coefficient (Wildman–Crippen LogP) is 5.33. The van der Waals surface area contributed by atoms with E-state index >= 15 is 0 Å². The average molecular weight is 459 g/mol. The second-order valence-electron chi connectivity index (χ2n) is 12.6. The van der Waals surface area contributed by atoms with Gasteiger partial charge < -0.3 is 20.1 Å². The van der Waals surface area contributed by atoms with Crippen molar-refractivity contribution in [1.82, 2.24) is 0 Å². The monoisotopic (exact) mass is 458 g/mol. The van der Waals surface area contributed by atoms with Crippen LogP contribution in [0.3, 0.4) is 0 Å². The van der Waals surface area contributed by atoms with Crippen LogP contribution in [0.4, 0.5) is 0 Å². The third-order valence-corrected chi connectivity index (χ3v) is 9.78. The summed E-state index contributed by atoms with van der Waals surface area (Å²) in [6.07, 6.45) is 13.1. The van der Waals surface area contributed by atoms with Gasteiger partial charge in [0.2, 0.25) is 0 Å². The molecular formula is C29H46O4. The van der Waals surface area contributed by atoms with Crippen molar-refractivity contribution >= 4 is 0 Å². The van der Waals surface area contributed by atoms with Gasteiger partial charge in [-0.25, -0.2) is 0 Å². The Morgan fingerprint density at radius 2 is 1.94 bits per heavy atom. The van der Waals surface area contributed by atoms with E-state index in [2.05, 4.69) is 32.6 Å². The minimum atomic E-state index is -0.725. The third kappa shape index (κ3) is 4.66. The number of hydrogen-bond donors (Lipinski definition) is 3. The van der Waals surface area contributed by atoms with Crippen LogP contribution in [0.15, 0.2) is 35.5 Å². The van der Waals surface area contributed by atoms with Crippen LogP contribution in [0, 0.1) is 28.6 Å². The van der Waals surface area contributed by atoms with Crippen molar-refractivity contribution in [3.63, 3.8) is 0 Å². The zero-order chi connectivity index (χ0) is 24.0. The Kier molecular flexibility index (Phi) is 7.06. The lowest BCUT2D eigenvalue weighted by molar-refractivity contribution is -0.216. The van der Waals surface area contributed by atoms with Crippen molar-refractivity contribution in [2.24, 2.45) is 28.6 Å². The summed E-state index contributed by atoms with van der Waals surface area (Å²) in [7, 11) is 0. The molecule has 0 aromatic carbocycles. The standard InChI is InChI=1S/C29H46O4/c1-19(8-6-14-27(3,4)32)23-12-13-24-21(9-7-15-28(23,24)5)10-11-22-16-25(30)29(17-33-18-29)26(31)20(22)2/h10-11,19,23-26,30-32H,2,6-9,12-18H2,1,3-5H3/b21-10+,22-11-/t19-,23-,24+,25+,26-,28-/m1/s1. The maximum atomic E-state index is 10.8. The number of aliphatic hydroxyl groups is 3. The molecule has 0 amide bonds. The van der Waals surface area contributed by atoms with Crippen molar-refractivity contribution < 1.29 is 20.1 Å². The predicted molar refractivity (Wildman–Crippen MR) is 133 cm³/mol. The molecule has 0 aromatic rings. The first-order valence-corrected chi connectivity index (χ1v) is 13.2. The number of ether oxygens (including phenoxy) is 1. The van der Waals surface area contributed by atoms with E-state index in [4.69, 9.17) is 4.74 Å². The van der Waals surface area contributed by atoms with Crippen LogP contribution in [0.2, 0.25) is 0 Å². The largest absolute Gasteiger partial charge is 0.392 e. The van der Waals surface area contributed by atoms with Gasteiger partial charge in [-0.3, -0.25) is 0 Å². The quantitative estimate of drug-likeness (QED) is 0.503. The Labute approximate surface area is 200 Å². The topological polar surface area (TPSA) is 69.9 Å². The molecule has 0 aromatic heterocycles. The Morgan fingerprint density at radius 3 is 2.58 bits per heavy atom. The SMILES string of the molecule is C=C1/C(=C\C=C2/CCC[C@]3(C)[C@@H]([C@H](C)CCCC(C)(C)O)CC[C@@H]23)C[C@H](O)C2(COC2)[C@@H]1O. The molecule has 4 heteroatoms. The molecule has 6 atom stereocenters. The van der Waals surface area contributed by atoms with Gasteiger partial charge in [0.05, 0.1) is 36.4 Å². The van der Waals surface area contributed by atoms with E-state index in [1.54, 1.807) is 5.57 Å². The first-order valence-electron chi connectivity index (χ1n) is 13.2. The second kappa shape index (κ2) is 9.26. The Bertz CT molecular complexity index is 799. The Hall–Kier alpha value is -0.940. The third-order valence-electron chi connectivity index (χ3n) is 9.78. The smallest absolute Gasteiger partial charge is 0.0912 e. The van der Waals surface area contributed by atoms with Crippen LogP contribution in [0.25, 0.3) is 0 Å². The molecule has 4 fully saturated rings. The minimum Gasteiger partial charge on any atom is -0.392 e. The fraction of sp³-hybridized carbons (Fsp3) is 0.793. The summed E-state index contributed by atoms with van der Waals surface area (Å²) >= 11 is 0. The lowest BCUT2D eigenvalue weighted by Gasteiger charge is -2.52. The molecule has 33 heavy (non-hydrogen) atoms. The number of hydrogen-bond acceptors (Lipinski definition) is 4. The van der Waals surface area contributed by atoms with Gasteiger partial charge in [-0.05, 0) is 93.1 Å². The molecule has 1 saturated heterocycles. The second-order valence-corrected chi connectivity index (χ2v) is 12.6. The van der Waals surface area contributed by atoms with Gasteiger partial charge in [-0.2, -0.15) is 0 Å². The first kappa shape index (κ1) is 25.2. The lowest BCUT2D eigenvalue weighted by Crippen LogP contribution is -2.61. The van der Waals surface area contributed by atoms with Crippen LogP contribution in [-0.2, 0) is 4.74 Å². The normalized spacial score (nSPS) is 39.7. The van der Waals surface area contributed by atoms with E-state index in [-0.39, 0.29) is 0 Å². The molecule has 1 heterocycles. The van der Waals surface area contributed by atoms with Crippen molar-refractivity contribution in [3.8, 4) is 0 Å². The van der Waals surface area contributed by atoms with Crippen molar-refractivity contribution in [1.29, 1.82) is 0 Å². The van der Waals surface area contributed by atoms with E-state index in [9.17, 15) is 15.3 Å². The minimum absolute atomic E-state index is 0.354. The van der Waals surface area contributed by atoms with E-state index in [0.717, 1.165) is 36.3 Å². The molecule has 3 aliphatic carbocycles. The molecular weight excluding hydrogens is 412 g/mol. The van der Waals surface area contributed by atoms with Crippen molar-refractivity contribution in [2.75, 3.05) is 13.2 Å². The number of aliphatic hydroxyl groups excluding tert-OH is 2. The van der Waals surface area contributed by atoms with Gasteiger partial charge in [-0.1, -0.05) is 51.0 Å². The highest BCUT2D eigenvalue weighted by Gasteiger charge is 2.55. The first-order chi connectivity index (χ1) is 15.5. The maximum Gasteiger partial charge on any atom is 0.0912 e. The highest BCUT2D eigenvalue weighted by Crippen LogP contribution is 2.60. The Balaban J connectivity index is 1.45. The van der Waals surface area contributed by atoms with Crippen molar-refractivity contribution in [2.45, 2.75) is 103 Å². The van der Waals surface area contributed by atoms with Gasteiger partial charge in [0, 0.05) is 0 Å². The highest BCUT2D eigenvalue weighted by molar-refractivity contribution is 5.41. The number of fused-ring (bicyclic) bond motifs is 1. The van der Waals surface area contributed by atoms with Gasteiger partial charge in [0.1, 0.15) is 0 Å². The van der Waals surface area contributed by atoms with E-state index < -0.39 is 23.2 Å². The van der Waals surface area contributed by atoms with Gasteiger partial charge in [0.25, 0.3) is 0 Å². The van der Waals surface area contributed by atoms with Crippen molar-refractivity contribution in [3.05, 3.63) is 35.5 Å². The van der Waals surface area contributed by atoms with Crippen LogP contribution < -0.4 is 0 Å². The molecule has 4 nitrogen and oxygen atoms in total. The summed E-state index contributed by atoms with van der Waals surface area (Å²) in [6, 6.07) is 0. The van der Waals surface area contributed by atoms with Crippen LogP contribution in [-0.4, -0.2) is 46.3 Å². The lowest BCUT2D eigenvalue weighted by atomic mass is 9.60. The summed E-state index contributed by atoms with van der Waals surface area (Å²) in [5.41, 5.74) is 2.53. The summed E-state index contributed by atoms with van der Waals surface area (Å²) in [5, 5.41) is 31.6. The van der Waals surface area contributed by atoms with Gasteiger partial charge in [0.15, 0.2) is 0 Å². The van der Waals surface area contributed by atoms with Crippen LogP contribution in [0.5, 0.6) is 0 Å². The van der Waals surface area contributed by atoms with Gasteiger partial charge >= 0.3 is 0 Å². The molecule has 1 aliphatic heterocycles. The summed E-state index contributed by atoms with van der Waals surface area (Å²) in [5.74, 6) is 2.06. The van der Waals surface area contributed by atoms with E-state index in [0.29, 0.717) is 36.9 Å². The summed E-state index contributed by atoms with van der Waals surface area (Å²) < 4.78 is 5.32. The fourth-order valence-electron chi connectivity index (χ4n) is 7.59. The molecule has 0 bridgehead atoms. The van der Waals surface area contributed by atoms with E-state index in [1.165, 1.54) is 32.1 Å². The molecule has 3 N–H and O–H groups in total. The molecule has 3 saturated carbocycles. The maximum absolute atomic E-state index is 10.8. The number of allylic oxidation sites excluding steroid dienone is 3. The van der Waals surface area contributed by atoms with Gasteiger partial charge in [-0.15, -0.1) is 0 Å². The highest BCUT2D eigenvalue weighted by atomic mass is 16.5. The molecule has 0 radical (unpaired) electrons. The molecule has 4 aliphatic rings. The summed E-state index contributed by atoms with van der Waals surface area (Å²) in [4.78, 5) is 0. The molecule has 0 unspecified atom stereocenters. The summed E-state index contributed by atoms with van der Waals surface area (Å²) in [6.45, 7) is 13.8. The molecule has 1 spiro atoms. The van der Waals surface area contributed by atoms with Crippen LogP contribution >= 0.6 is 0 Å². The van der Waals surface area contributed by atoms with E-state index in [1.807, 2.05) is 13.8 Å². The van der Waals surface area contributed by atoms with Crippen LogP contribution in [0.1, 0.15) is 85.5 Å².